The van der Waals surface area contributed by atoms with Crippen LogP contribution in [0.15, 0.2) is 41.3 Å². The number of benzene rings is 5. The third kappa shape index (κ3) is 10.4. The molecular formula is C70H92N8+2. The third-order valence-corrected chi connectivity index (χ3v) is 19.3. The third-order valence-electron chi connectivity index (χ3n) is 19.3. The SMILES string of the molecule is CC(C)=C(C)C1=Nc2c(C)c(C)c(C)c(C)c2C1.CC1=Nc2c(C)c(C)c(C)c(C)c2C1.CC1=Nc2c(C)c3c(c(C)c2C1)C[N+](C)=N3.CC1=Nc2c(C)c3c(c(C)c2C1)N=[N+](C)C3.Cc1c(C)c(C)c2c(c1C)CC(C)C2. The number of hydrogen-bond donors (Lipinski definition) is 0. The Labute approximate surface area is 469 Å². The Kier molecular flexibility index (Phi) is 16.4. The van der Waals surface area contributed by atoms with Crippen molar-refractivity contribution >= 4 is 57.0 Å². The van der Waals surface area contributed by atoms with Gasteiger partial charge in [0.1, 0.15) is 11.4 Å². The van der Waals surface area contributed by atoms with Crippen molar-refractivity contribution in [1.82, 2.24) is 0 Å². The van der Waals surface area contributed by atoms with E-state index in [4.69, 9.17) is 4.99 Å². The van der Waals surface area contributed by atoms with Crippen LogP contribution >= 0.6 is 0 Å². The molecule has 12 rings (SSSR count). The summed E-state index contributed by atoms with van der Waals surface area (Å²) in [5.41, 5.74) is 49.2. The zero-order valence-electron chi connectivity index (χ0n) is 52.8. The topological polar surface area (TPSA) is 80.2 Å². The van der Waals surface area contributed by atoms with Gasteiger partial charge in [-0.1, -0.05) is 12.5 Å². The Morgan fingerprint density at radius 3 is 1.06 bits per heavy atom. The summed E-state index contributed by atoms with van der Waals surface area (Å²) in [5, 5.41) is 9.18. The predicted octanol–water partition coefficient (Wildman–Crippen LogP) is 18.5. The van der Waals surface area contributed by atoms with Gasteiger partial charge in [-0.3, -0.25) is 20.0 Å². The minimum atomic E-state index is 0.851. The molecule has 0 saturated heterocycles. The molecule has 6 heterocycles. The van der Waals surface area contributed by atoms with Crippen LogP contribution in [0.25, 0.3) is 0 Å². The summed E-state index contributed by atoms with van der Waals surface area (Å²) in [4.78, 5) is 18.8. The number of aliphatic imine (C=N–C) groups is 4. The Morgan fingerprint density at radius 1 is 0.321 bits per heavy atom. The largest absolute Gasteiger partial charge is 0.257 e. The average Bonchev–Trinajstić information content (AvgIpc) is 4.30. The number of allylic oxidation sites excluding steroid dienone is 2. The van der Waals surface area contributed by atoms with Gasteiger partial charge in [0.25, 0.3) is 0 Å². The lowest BCUT2D eigenvalue weighted by molar-refractivity contribution is -0.570. The number of rotatable bonds is 1. The van der Waals surface area contributed by atoms with Crippen LogP contribution in [0, 0.1) is 117 Å². The molecule has 5 aromatic carbocycles. The van der Waals surface area contributed by atoms with Crippen molar-refractivity contribution in [2.45, 2.75) is 211 Å². The maximum absolute atomic E-state index is 4.89. The molecule has 0 saturated carbocycles. The predicted molar refractivity (Wildman–Crippen MR) is 333 cm³/mol. The summed E-state index contributed by atoms with van der Waals surface area (Å²) in [5.74, 6) is 0.851. The zero-order chi connectivity index (χ0) is 57.4. The van der Waals surface area contributed by atoms with Crippen molar-refractivity contribution in [1.29, 1.82) is 0 Å². The van der Waals surface area contributed by atoms with Crippen LogP contribution in [0.5, 0.6) is 0 Å². The molecule has 8 heteroatoms. The Hall–Kier alpha value is -6.28. The van der Waals surface area contributed by atoms with Crippen molar-refractivity contribution in [2.24, 2.45) is 36.1 Å². The number of hydrogen-bond acceptors (Lipinski definition) is 6. The second kappa shape index (κ2) is 22.1. The highest BCUT2D eigenvalue weighted by molar-refractivity contribution is 6.07. The minimum absolute atomic E-state index is 0.851. The first-order valence-corrected chi connectivity index (χ1v) is 28.8. The van der Waals surface area contributed by atoms with Crippen LogP contribution < -0.4 is 0 Å². The molecule has 0 bridgehead atoms. The molecule has 1 aliphatic carbocycles. The van der Waals surface area contributed by atoms with Gasteiger partial charge in [0.05, 0.1) is 33.9 Å². The van der Waals surface area contributed by atoms with E-state index >= 15 is 0 Å². The Bertz CT molecular complexity index is 3490. The van der Waals surface area contributed by atoms with E-state index in [0.717, 1.165) is 50.4 Å². The van der Waals surface area contributed by atoms with Gasteiger partial charge in [-0.25, -0.2) is 0 Å². The molecule has 0 radical (unpaired) electrons. The first-order valence-electron chi connectivity index (χ1n) is 28.8. The van der Waals surface area contributed by atoms with Crippen LogP contribution in [-0.2, 0) is 51.6 Å². The fourth-order valence-electron chi connectivity index (χ4n) is 13.0. The van der Waals surface area contributed by atoms with E-state index in [1.807, 2.05) is 23.5 Å². The number of nitrogens with zero attached hydrogens (tertiary/aromatic N) is 8. The first-order chi connectivity index (χ1) is 36.5. The summed E-state index contributed by atoms with van der Waals surface area (Å²) in [6.45, 7) is 52.5. The lowest BCUT2D eigenvalue weighted by Gasteiger charge is -2.15. The van der Waals surface area contributed by atoms with Crippen LogP contribution in [0.3, 0.4) is 0 Å². The molecule has 0 spiro atoms. The second-order valence-corrected chi connectivity index (χ2v) is 24.7. The molecular weight excluding hydrogens is 953 g/mol. The summed E-state index contributed by atoms with van der Waals surface area (Å²) < 4.78 is 4.02. The molecule has 0 aromatic heterocycles. The van der Waals surface area contributed by atoms with Crippen molar-refractivity contribution in [3.8, 4) is 0 Å². The molecule has 8 nitrogen and oxygen atoms in total. The molecule has 410 valence electrons. The number of azo groups is 4. The molecule has 0 amide bonds. The van der Waals surface area contributed by atoms with Gasteiger partial charge in [0, 0.05) is 54.1 Å². The van der Waals surface area contributed by atoms with Gasteiger partial charge in [0.15, 0.2) is 27.2 Å². The lowest BCUT2D eigenvalue weighted by Crippen LogP contribution is -2.03. The van der Waals surface area contributed by atoms with E-state index in [9.17, 15) is 0 Å². The van der Waals surface area contributed by atoms with Crippen LogP contribution in [0.1, 0.15) is 182 Å². The van der Waals surface area contributed by atoms with Gasteiger partial charge in [0.2, 0.25) is 0 Å². The van der Waals surface area contributed by atoms with Gasteiger partial charge < -0.3 is 0 Å². The van der Waals surface area contributed by atoms with E-state index < -0.39 is 0 Å². The summed E-state index contributed by atoms with van der Waals surface area (Å²) >= 11 is 0. The average molecular weight is 1050 g/mol. The Balaban J connectivity index is 0.000000129. The molecule has 0 N–H and O–H groups in total. The highest BCUT2D eigenvalue weighted by Crippen LogP contribution is 2.46. The molecule has 0 unspecified atom stereocenters. The van der Waals surface area contributed by atoms with Crippen LogP contribution in [-0.4, -0.2) is 46.3 Å². The van der Waals surface area contributed by atoms with Gasteiger partial charge in [-0.15, -0.1) is 9.39 Å². The molecule has 0 fully saturated rings. The van der Waals surface area contributed by atoms with E-state index in [0.29, 0.717) is 0 Å². The first kappa shape index (κ1) is 57.9. The van der Waals surface area contributed by atoms with Gasteiger partial charge in [-0.2, -0.15) is 0 Å². The highest BCUT2D eigenvalue weighted by atomic mass is 15.3. The maximum atomic E-state index is 4.89. The normalized spacial score (nSPS) is 15.5. The highest BCUT2D eigenvalue weighted by Gasteiger charge is 2.32. The summed E-state index contributed by atoms with van der Waals surface area (Å²) in [7, 11) is 4.05. The quantitative estimate of drug-likeness (QED) is 0.150. The molecule has 6 aliphatic heterocycles. The van der Waals surface area contributed by atoms with Crippen molar-refractivity contribution in [2.75, 3.05) is 14.1 Å². The Morgan fingerprint density at radius 2 is 0.628 bits per heavy atom. The standard InChI is InChI=1S/C17H23N.C14H20.2C13H16N3.C13H17N/c1-9(2)10(3)16-8-15-13(6)11(4)12(5)14(7)17(15)18-16;1-8-6-13-11(4)9(2)10(3)12(5)14(13)7-8;1-7-5-10-8(2)13-11(6-16(4)15-13)9(3)12(10)14-7;1-7-5-10-8(2)11-6-16(4)15-13(11)9(3)12(10)14-7;1-7-6-12-10(4)8(2)9(3)11(5)13(12)14-7/h8H2,1-7H3;8H,6-7H2,1-5H3;2*5-6H2,1-4H3;6H2,1-5H3/q;;2*+1;. The lowest BCUT2D eigenvalue weighted by atomic mass is 9.90. The number of fused-ring (bicyclic) bond motifs is 7. The smallest absolute Gasteiger partial charge is 0.196 e. The van der Waals surface area contributed by atoms with E-state index in [-0.39, 0.29) is 0 Å². The monoisotopic (exact) mass is 1040 g/mol. The van der Waals surface area contributed by atoms with Gasteiger partial charge >= 0.3 is 0 Å². The van der Waals surface area contributed by atoms with E-state index in [1.54, 1.807) is 22.3 Å². The maximum Gasteiger partial charge on any atom is 0.196 e. The molecule has 0 atom stereocenters. The van der Waals surface area contributed by atoms with Crippen LogP contribution in [0.2, 0.25) is 0 Å². The van der Waals surface area contributed by atoms with Crippen molar-refractivity contribution in [3.05, 3.63) is 145 Å². The molecule has 78 heavy (non-hydrogen) atoms. The minimum Gasteiger partial charge on any atom is -0.257 e. The fraction of sp³-hybridized carbons (Fsp3) is 0.486. The fourth-order valence-corrected chi connectivity index (χ4v) is 13.0. The van der Waals surface area contributed by atoms with E-state index in [2.05, 4.69) is 184 Å². The van der Waals surface area contributed by atoms with Crippen LogP contribution in [0.4, 0.5) is 34.1 Å². The van der Waals surface area contributed by atoms with Crippen molar-refractivity contribution < 1.29 is 9.39 Å². The summed E-state index contributed by atoms with van der Waals surface area (Å²) in [6.07, 6.45) is 6.64. The summed E-state index contributed by atoms with van der Waals surface area (Å²) in [6, 6.07) is 0. The van der Waals surface area contributed by atoms with E-state index in [1.165, 1.54) is 187 Å². The molecule has 5 aromatic rings. The second-order valence-electron chi connectivity index (χ2n) is 24.7. The van der Waals surface area contributed by atoms with Crippen molar-refractivity contribution in [3.63, 3.8) is 0 Å². The molecule has 7 aliphatic rings. The van der Waals surface area contributed by atoms with Gasteiger partial charge in [-0.05, 0) is 304 Å². The zero-order valence-corrected chi connectivity index (χ0v) is 52.8.